The number of ether oxygens (including phenoxy) is 1. The summed E-state index contributed by atoms with van der Waals surface area (Å²) < 4.78 is 5.46. The Morgan fingerprint density at radius 1 is 1.27 bits per heavy atom. The molecule has 9 nitrogen and oxygen atoms in total. The summed E-state index contributed by atoms with van der Waals surface area (Å²) >= 11 is 0. The molecule has 2 saturated heterocycles. The molecule has 2 aliphatic rings. The minimum atomic E-state index is -0.526. The van der Waals surface area contributed by atoms with Crippen molar-refractivity contribution in [3.8, 4) is 0 Å². The molecule has 0 spiro atoms. The maximum Gasteiger partial charge on any atom is 0.410 e. The Labute approximate surface area is 176 Å². The number of nitro groups is 1. The van der Waals surface area contributed by atoms with Crippen LogP contribution in [0.5, 0.6) is 0 Å². The van der Waals surface area contributed by atoms with Gasteiger partial charge < -0.3 is 19.9 Å². The summed E-state index contributed by atoms with van der Waals surface area (Å²) in [5.41, 5.74) is -0.00656. The molecule has 3 rings (SSSR count). The number of hydrogen-bond acceptors (Lipinski definition) is 6. The standard InChI is InChI=1S/C21H30N4O5/c1-14-13-23(20(27)30-21(2,3)4)10-8-17(14)22-18-9-11-24(19(18)26)15-6-5-7-16(12-15)25(28)29/h5-7,12,14,17-18,22H,8-11,13H2,1-4H3/t14-,17+,18+/m1/s1. The molecule has 30 heavy (non-hydrogen) atoms. The van der Waals surface area contributed by atoms with Crippen molar-refractivity contribution in [3.05, 3.63) is 34.4 Å². The van der Waals surface area contributed by atoms with E-state index in [1.807, 2.05) is 20.8 Å². The number of anilines is 1. The molecule has 0 unspecified atom stereocenters. The first-order valence-electron chi connectivity index (χ1n) is 10.3. The number of nitrogens with zero attached hydrogens (tertiary/aromatic N) is 3. The van der Waals surface area contributed by atoms with Crippen molar-refractivity contribution in [2.24, 2.45) is 5.92 Å². The van der Waals surface area contributed by atoms with E-state index in [1.165, 1.54) is 12.1 Å². The number of benzene rings is 1. The monoisotopic (exact) mass is 418 g/mol. The number of carbonyl (C=O) groups is 2. The highest BCUT2D eigenvalue weighted by Crippen LogP contribution is 2.27. The van der Waals surface area contributed by atoms with E-state index in [2.05, 4.69) is 12.2 Å². The average molecular weight is 418 g/mol. The second kappa shape index (κ2) is 8.59. The third kappa shape index (κ3) is 5.08. The molecule has 9 heteroatoms. The minimum absolute atomic E-state index is 0.0279. The van der Waals surface area contributed by atoms with E-state index in [0.717, 1.165) is 6.42 Å². The lowest BCUT2D eigenvalue weighted by Crippen LogP contribution is -2.54. The van der Waals surface area contributed by atoms with Crippen LogP contribution in [0.2, 0.25) is 0 Å². The van der Waals surface area contributed by atoms with Crippen LogP contribution in [0, 0.1) is 16.0 Å². The van der Waals surface area contributed by atoms with E-state index in [0.29, 0.717) is 31.7 Å². The zero-order valence-electron chi connectivity index (χ0n) is 18.0. The highest BCUT2D eigenvalue weighted by molar-refractivity contribution is 5.99. The van der Waals surface area contributed by atoms with Gasteiger partial charge in [-0.1, -0.05) is 13.0 Å². The lowest BCUT2D eigenvalue weighted by atomic mass is 9.93. The molecule has 0 saturated carbocycles. The zero-order chi connectivity index (χ0) is 22.1. The van der Waals surface area contributed by atoms with Crippen LogP contribution < -0.4 is 10.2 Å². The Bertz CT molecular complexity index is 822. The van der Waals surface area contributed by atoms with Gasteiger partial charge in [-0.2, -0.15) is 0 Å². The fourth-order valence-electron chi connectivity index (χ4n) is 4.01. The summed E-state index contributed by atoms with van der Waals surface area (Å²) in [5.74, 6) is 0.100. The summed E-state index contributed by atoms with van der Waals surface area (Å²) in [6.45, 7) is 9.27. The van der Waals surface area contributed by atoms with Gasteiger partial charge in [-0.15, -0.1) is 0 Å². The quantitative estimate of drug-likeness (QED) is 0.595. The number of hydrogen-bond donors (Lipinski definition) is 1. The van der Waals surface area contributed by atoms with E-state index in [9.17, 15) is 19.7 Å². The molecule has 0 radical (unpaired) electrons. The number of nitro benzene ring substituents is 1. The van der Waals surface area contributed by atoms with Gasteiger partial charge in [-0.05, 0) is 45.6 Å². The molecule has 1 N–H and O–H groups in total. The van der Waals surface area contributed by atoms with Crippen LogP contribution in [0.15, 0.2) is 24.3 Å². The third-order valence-corrected chi connectivity index (χ3v) is 5.53. The average Bonchev–Trinajstić information content (AvgIpc) is 3.02. The lowest BCUT2D eigenvalue weighted by molar-refractivity contribution is -0.384. The predicted octanol–water partition coefficient (Wildman–Crippen LogP) is 2.94. The van der Waals surface area contributed by atoms with Gasteiger partial charge in [-0.3, -0.25) is 14.9 Å². The highest BCUT2D eigenvalue weighted by Gasteiger charge is 2.37. The molecule has 1 aromatic rings. The van der Waals surface area contributed by atoms with Crippen LogP contribution in [-0.2, 0) is 9.53 Å². The molecular weight excluding hydrogens is 388 g/mol. The van der Waals surface area contributed by atoms with Crippen molar-refractivity contribution in [1.82, 2.24) is 10.2 Å². The Hall–Kier alpha value is -2.68. The van der Waals surface area contributed by atoms with Crippen LogP contribution in [0.4, 0.5) is 16.2 Å². The van der Waals surface area contributed by atoms with E-state index < -0.39 is 10.5 Å². The largest absolute Gasteiger partial charge is 0.444 e. The number of carbonyl (C=O) groups excluding carboxylic acids is 2. The maximum atomic E-state index is 12.9. The van der Waals surface area contributed by atoms with E-state index in [4.69, 9.17) is 4.74 Å². The van der Waals surface area contributed by atoms with Crippen molar-refractivity contribution in [1.29, 1.82) is 0 Å². The summed E-state index contributed by atoms with van der Waals surface area (Å²) in [7, 11) is 0. The molecule has 2 fully saturated rings. The minimum Gasteiger partial charge on any atom is -0.444 e. The fourth-order valence-corrected chi connectivity index (χ4v) is 4.01. The van der Waals surface area contributed by atoms with Crippen molar-refractivity contribution < 1.29 is 19.2 Å². The highest BCUT2D eigenvalue weighted by atomic mass is 16.6. The van der Waals surface area contributed by atoms with Crippen LogP contribution >= 0.6 is 0 Å². The van der Waals surface area contributed by atoms with Gasteiger partial charge in [0, 0.05) is 37.8 Å². The van der Waals surface area contributed by atoms with E-state index >= 15 is 0 Å². The van der Waals surface area contributed by atoms with E-state index in [-0.39, 0.29) is 35.7 Å². The van der Waals surface area contributed by atoms with Crippen molar-refractivity contribution in [3.63, 3.8) is 0 Å². The molecule has 0 aromatic heterocycles. The Morgan fingerprint density at radius 2 is 2.00 bits per heavy atom. The van der Waals surface area contributed by atoms with Crippen LogP contribution in [0.1, 0.15) is 40.5 Å². The van der Waals surface area contributed by atoms with Gasteiger partial charge in [0.05, 0.1) is 16.7 Å². The SMILES string of the molecule is C[C@@H]1CN(C(=O)OC(C)(C)C)CC[C@@H]1N[C@H]1CCN(c2cccc([N+](=O)[O-])c2)C1=O. The van der Waals surface area contributed by atoms with Gasteiger partial charge in [0.2, 0.25) is 5.91 Å². The zero-order valence-corrected chi connectivity index (χ0v) is 18.0. The van der Waals surface area contributed by atoms with Crippen LogP contribution in [-0.4, -0.2) is 59.1 Å². The molecule has 2 aliphatic heterocycles. The summed E-state index contributed by atoms with van der Waals surface area (Å²) in [6.07, 6.45) is 1.07. The number of amides is 2. The van der Waals surface area contributed by atoms with Crippen molar-refractivity contribution in [2.45, 2.75) is 58.2 Å². The number of rotatable bonds is 4. The molecule has 0 bridgehead atoms. The second-order valence-electron chi connectivity index (χ2n) is 9.07. The topological polar surface area (TPSA) is 105 Å². The Kier molecular flexibility index (Phi) is 6.30. The van der Waals surface area contributed by atoms with E-state index in [1.54, 1.807) is 21.9 Å². The Balaban J connectivity index is 1.58. The van der Waals surface area contributed by atoms with Gasteiger partial charge in [0.15, 0.2) is 0 Å². The van der Waals surface area contributed by atoms with Crippen molar-refractivity contribution in [2.75, 3.05) is 24.5 Å². The van der Waals surface area contributed by atoms with Gasteiger partial charge in [-0.25, -0.2) is 4.79 Å². The molecular formula is C21H30N4O5. The molecule has 0 aliphatic carbocycles. The van der Waals surface area contributed by atoms with Gasteiger partial charge >= 0.3 is 6.09 Å². The first kappa shape index (κ1) is 22.0. The predicted molar refractivity (Wildman–Crippen MR) is 112 cm³/mol. The molecule has 3 atom stereocenters. The summed E-state index contributed by atoms with van der Waals surface area (Å²) in [4.78, 5) is 39.1. The molecule has 2 amide bonds. The van der Waals surface area contributed by atoms with Crippen molar-refractivity contribution >= 4 is 23.4 Å². The number of non-ortho nitro benzene ring substituents is 1. The van der Waals surface area contributed by atoms with Gasteiger partial charge in [0.1, 0.15) is 5.60 Å². The van der Waals surface area contributed by atoms with Crippen LogP contribution in [0.3, 0.4) is 0 Å². The third-order valence-electron chi connectivity index (χ3n) is 5.53. The normalized spacial score (nSPS) is 24.8. The maximum absolute atomic E-state index is 12.9. The second-order valence-corrected chi connectivity index (χ2v) is 9.07. The Morgan fingerprint density at radius 3 is 2.63 bits per heavy atom. The summed E-state index contributed by atoms with van der Waals surface area (Å²) in [5, 5.41) is 14.5. The molecule has 2 heterocycles. The molecule has 164 valence electrons. The number of piperidine rings is 1. The van der Waals surface area contributed by atoms with Gasteiger partial charge in [0.25, 0.3) is 5.69 Å². The summed E-state index contributed by atoms with van der Waals surface area (Å²) in [6, 6.07) is 5.94. The number of nitrogens with one attached hydrogen (secondary N) is 1. The first-order valence-corrected chi connectivity index (χ1v) is 10.3. The fraction of sp³-hybridized carbons (Fsp3) is 0.619. The smallest absolute Gasteiger partial charge is 0.410 e. The lowest BCUT2D eigenvalue weighted by Gasteiger charge is -2.38. The number of likely N-dealkylation sites (tertiary alicyclic amines) is 1. The first-order chi connectivity index (χ1) is 14.0. The van der Waals surface area contributed by atoms with Crippen LogP contribution in [0.25, 0.3) is 0 Å². The molecule has 1 aromatic carbocycles.